The first-order chi connectivity index (χ1) is 11.7. The van der Waals surface area contributed by atoms with Gasteiger partial charge in [-0.3, -0.25) is 4.90 Å². The van der Waals surface area contributed by atoms with Gasteiger partial charge in [0.1, 0.15) is 5.75 Å². The molecule has 0 radical (unpaired) electrons. The Morgan fingerprint density at radius 2 is 1.71 bits per heavy atom. The van der Waals surface area contributed by atoms with Gasteiger partial charge in [0.2, 0.25) is 0 Å². The van der Waals surface area contributed by atoms with Crippen molar-refractivity contribution in [2.24, 2.45) is 0 Å². The molecule has 1 heterocycles. The number of aryl methyl sites for hydroxylation is 1. The first-order valence-corrected chi connectivity index (χ1v) is 8.64. The van der Waals surface area contributed by atoms with Crippen LogP contribution in [0.1, 0.15) is 25.1 Å². The van der Waals surface area contributed by atoms with Gasteiger partial charge in [0, 0.05) is 28.7 Å². The van der Waals surface area contributed by atoms with Crippen LogP contribution in [0.5, 0.6) is 5.75 Å². The van der Waals surface area contributed by atoms with Gasteiger partial charge in [0.15, 0.2) is 0 Å². The Morgan fingerprint density at radius 1 is 1.00 bits per heavy atom. The van der Waals surface area contributed by atoms with Crippen molar-refractivity contribution in [2.75, 3.05) is 20.2 Å². The lowest BCUT2D eigenvalue weighted by Gasteiger charge is -2.18. The molecule has 2 aromatic carbocycles. The fraction of sp³-hybridized carbons (Fsp3) is 0.333. The van der Waals surface area contributed by atoms with E-state index in [0.29, 0.717) is 0 Å². The predicted molar refractivity (Wildman–Crippen MR) is 102 cm³/mol. The summed E-state index contributed by atoms with van der Waals surface area (Å²) in [5.41, 5.74) is 6.31. The third-order valence-corrected chi connectivity index (χ3v) is 4.69. The maximum absolute atomic E-state index is 5.31. The minimum atomic E-state index is 0.889. The van der Waals surface area contributed by atoms with Crippen LogP contribution < -0.4 is 4.74 Å². The topological polar surface area (TPSA) is 28.3 Å². The van der Waals surface area contributed by atoms with Crippen molar-refractivity contribution in [1.82, 2.24) is 9.88 Å². The Hall–Kier alpha value is -2.26. The number of aromatic nitrogens is 1. The van der Waals surface area contributed by atoms with Crippen LogP contribution >= 0.6 is 0 Å². The average molecular weight is 322 g/mol. The highest BCUT2D eigenvalue weighted by Crippen LogP contribution is 2.34. The van der Waals surface area contributed by atoms with Crippen molar-refractivity contribution in [1.29, 1.82) is 0 Å². The number of hydrogen-bond acceptors (Lipinski definition) is 2. The maximum atomic E-state index is 5.31. The molecule has 3 nitrogen and oxygen atoms in total. The summed E-state index contributed by atoms with van der Waals surface area (Å²) in [6, 6.07) is 15.0. The molecular formula is C21H26N2O. The van der Waals surface area contributed by atoms with Crippen LogP contribution in [0.4, 0.5) is 0 Å². The van der Waals surface area contributed by atoms with E-state index < -0.39 is 0 Å². The minimum absolute atomic E-state index is 0.889. The Labute approximate surface area is 144 Å². The van der Waals surface area contributed by atoms with E-state index in [1.165, 1.54) is 33.3 Å². The lowest BCUT2D eigenvalue weighted by atomic mass is 10.0. The average Bonchev–Trinajstić information content (AvgIpc) is 2.96. The Kier molecular flexibility index (Phi) is 4.91. The molecule has 1 N–H and O–H groups in total. The highest BCUT2D eigenvalue weighted by atomic mass is 16.5. The van der Waals surface area contributed by atoms with Gasteiger partial charge in [0.05, 0.1) is 7.11 Å². The number of nitrogens with one attached hydrogen (secondary N) is 1. The molecule has 0 fully saturated rings. The summed E-state index contributed by atoms with van der Waals surface area (Å²) >= 11 is 0. The highest BCUT2D eigenvalue weighted by Gasteiger charge is 2.15. The molecule has 126 valence electrons. The zero-order valence-electron chi connectivity index (χ0n) is 15.0. The van der Waals surface area contributed by atoms with E-state index >= 15 is 0 Å². The molecular weight excluding hydrogens is 296 g/mol. The van der Waals surface area contributed by atoms with Crippen LogP contribution in [-0.2, 0) is 6.54 Å². The number of H-pyrrole nitrogens is 1. The van der Waals surface area contributed by atoms with E-state index in [9.17, 15) is 0 Å². The molecule has 0 saturated carbocycles. The van der Waals surface area contributed by atoms with Crippen molar-refractivity contribution in [3.8, 4) is 16.9 Å². The van der Waals surface area contributed by atoms with Gasteiger partial charge in [-0.25, -0.2) is 0 Å². The van der Waals surface area contributed by atoms with Crippen LogP contribution in [0.15, 0.2) is 42.5 Å². The molecule has 0 amide bonds. The van der Waals surface area contributed by atoms with E-state index in [1.54, 1.807) is 7.11 Å². The number of hydrogen-bond donors (Lipinski definition) is 1. The number of aromatic amines is 1. The molecule has 3 rings (SSSR count). The van der Waals surface area contributed by atoms with E-state index in [0.717, 1.165) is 25.4 Å². The van der Waals surface area contributed by atoms with Crippen LogP contribution in [0, 0.1) is 6.92 Å². The van der Waals surface area contributed by atoms with Crippen molar-refractivity contribution < 1.29 is 4.74 Å². The fourth-order valence-electron chi connectivity index (χ4n) is 3.24. The van der Waals surface area contributed by atoms with E-state index in [4.69, 9.17) is 4.74 Å². The molecule has 0 aliphatic rings. The maximum Gasteiger partial charge on any atom is 0.118 e. The molecule has 3 heteroatoms. The normalized spacial score (nSPS) is 11.4. The van der Waals surface area contributed by atoms with Gasteiger partial charge in [0.25, 0.3) is 0 Å². The molecule has 1 aromatic heterocycles. The third-order valence-electron chi connectivity index (χ3n) is 4.69. The standard InChI is InChI=1S/C21H26N2O/c1-5-23(6-2)14-20-21(16-8-10-17(24-4)11-9-16)18-13-15(3)7-12-19(18)22-20/h7-13,22H,5-6,14H2,1-4H3. The summed E-state index contributed by atoms with van der Waals surface area (Å²) in [6.07, 6.45) is 0. The molecule has 24 heavy (non-hydrogen) atoms. The molecule has 0 spiro atoms. The minimum Gasteiger partial charge on any atom is -0.497 e. The van der Waals surface area contributed by atoms with Crippen LogP contribution in [0.2, 0.25) is 0 Å². The molecule has 0 saturated heterocycles. The number of fused-ring (bicyclic) bond motifs is 1. The summed E-state index contributed by atoms with van der Waals surface area (Å²) in [4.78, 5) is 6.08. The quantitative estimate of drug-likeness (QED) is 0.692. The van der Waals surface area contributed by atoms with E-state index in [1.807, 2.05) is 12.1 Å². The summed E-state index contributed by atoms with van der Waals surface area (Å²) in [5.74, 6) is 0.889. The SMILES string of the molecule is CCN(CC)Cc1[nH]c2ccc(C)cc2c1-c1ccc(OC)cc1. The second-order valence-corrected chi connectivity index (χ2v) is 6.22. The third kappa shape index (κ3) is 3.17. The molecule has 0 aliphatic heterocycles. The second kappa shape index (κ2) is 7.10. The van der Waals surface area contributed by atoms with Gasteiger partial charge in [-0.15, -0.1) is 0 Å². The highest BCUT2D eigenvalue weighted by molar-refractivity contribution is 5.98. The van der Waals surface area contributed by atoms with Gasteiger partial charge < -0.3 is 9.72 Å². The van der Waals surface area contributed by atoms with Crippen LogP contribution in [0.3, 0.4) is 0 Å². The zero-order chi connectivity index (χ0) is 17.1. The number of rotatable bonds is 6. The molecule has 3 aromatic rings. The van der Waals surface area contributed by atoms with Gasteiger partial charge >= 0.3 is 0 Å². The smallest absolute Gasteiger partial charge is 0.118 e. The molecule has 0 bridgehead atoms. The number of methoxy groups -OCH3 is 1. The second-order valence-electron chi connectivity index (χ2n) is 6.22. The lowest BCUT2D eigenvalue weighted by Crippen LogP contribution is -2.22. The summed E-state index contributed by atoms with van der Waals surface area (Å²) in [6.45, 7) is 9.60. The Balaban J connectivity index is 2.15. The van der Waals surface area contributed by atoms with Crippen molar-refractivity contribution in [3.05, 3.63) is 53.7 Å². The van der Waals surface area contributed by atoms with Gasteiger partial charge in [-0.1, -0.05) is 37.6 Å². The Morgan fingerprint density at radius 3 is 2.33 bits per heavy atom. The number of benzene rings is 2. The Bertz CT molecular complexity index is 814. The number of nitrogens with zero attached hydrogens (tertiary/aromatic N) is 1. The summed E-state index contributed by atoms with van der Waals surface area (Å²) < 4.78 is 5.31. The van der Waals surface area contributed by atoms with Crippen molar-refractivity contribution in [3.63, 3.8) is 0 Å². The first-order valence-electron chi connectivity index (χ1n) is 8.64. The van der Waals surface area contributed by atoms with Crippen LogP contribution in [-0.4, -0.2) is 30.1 Å². The van der Waals surface area contributed by atoms with Gasteiger partial charge in [-0.2, -0.15) is 0 Å². The largest absolute Gasteiger partial charge is 0.497 e. The molecule has 0 aliphatic carbocycles. The van der Waals surface area contributed by atoms with E-state index in [2.05, 4.69) is 61.0 Å². The number of ether oxygens (including phenoxy) is 1. The van der Waals surface area contributed by atoms with E-state index in [-0.39, 0.29) is 0 Å². The lowest BCUT2D eigenvalue weighted by molar-refractivity contribution is 0.293. The molecule has 0 unspecified atom stereocenters. The van der Waals surface area contributed by atoms with Crippen molar-refractivity contribution in [2.45, 2.75) is 27.3 Å². The predicted octanol–water partition coefficient (Wildman–Crippen LogP) is 4.99. The summed E-state index contributed by atoms with van der Waals surface area (Å²) in [5, 5.41) is 1.29. The zero-order valence-corrected chi connectivity index (χ0v) is 15.0. The first kappa shape index (κ1) is 16.6. The summed E-state index contributed by atoms with van der Waals surface area (Å²) in [7, 11) is 1.70. The molecule has 0 atom stereocenters. The van der Waals surface area contributed by atoms with Crippen LogP contribution in [0.25, 0.3) is 22.0 Å². The monoisotopic (exact) mass is 322 g/mol. The fourth-order valence-corrected chi connectivity index (χ4v) is 3.24. The van der Waals surface area contributed by atoms with Crippen molar-refractivity contribution >= 4 is 10.9 Å². The van der Waals surface area contributed by atoms with Gasteiger partial charge in [-0.05, 0) is 49.8 Å².